The Bertz CT molecular complexity index is 1190. The van der Waals surface area contributed by atoms with Crippen molar-refractivity contribution in [3.63, 3.8) is 0 Å². The van der Waals surface area contributed by atoms with E-state index in [-0.39, 0.29) is 11.7 Å². The van der Waals surface area contributed by atoms with Gasteiger partial charge in [-0.2, -0.15) is 4.68 Å². The summed E-state index contributed by atoms with van der Waals surface area (Å²) in [6.45, 7) is 6.85. The first-order valence-electron chi connectivity index (χ1n) is 10.8. The summed E-state index contributed by atoms with van der Waals surface area (Å²) >= 11 is 0. The van der Waals surface area contributed by atoms with Crippen LogP contribution in [0.25, 0.3) is 16.8 Å². The average Bonchev–Trinajstić information content (AvgIpc) is 3.42. The second-order valence-electron chi connectivity index (χ2n) is 8.06. The zero-order valence-electron chi connectivity index (χ0n) is 18.3. The van der Waals surface area contributed by atoms with E-state index in [1.807, 2.05) is 47.4 Å². The lowest BCUT2D eigenvalue weighted by Gasteiger charge is -2.11. The maximum Gasteiger partial charge on any atom is 0.328 e. The number of imidazole rings is 1. The lowest BCUT2D eigenvalue weighted by atomic mass is 10.0. The highest BCUT2D eigenvalue weighted by Crippen LogP contribution is 2.26. The van der Waals surface area contributed by atoms with E-state index in [9.17, 15) is 4.79 Å². The van der Waals surface area contributed by atoms with Crippen LogP contribution in [-0.2, 0) is 13.0 Å². The molecule has 2 aromatic carbocycles. The zero-order valence-corrected chi connectivity index (χ0v) is 18.3. The van der Waals surface area contributed by atoms with Gasteiger partial charge in [0.15, 0.2) is 0 Å². The van der Waals surface area contributed by atoms with Crippen LogP contribution in [0.4, 0.5) is 0 Å². The van der Waals surface area contributed by atoms with Gasteiger partial charge in [-0.05, 0) is 54.3 Å². The van der Waals surface area contributed by atoms with Crippen molar-refractivity contribution in [2.24, 2.45) is 0 Å². The van der Waals surface area contributed by atoms with Gasteiger partial charge in [-0.25, -0.2) is 4.79 Å². The smallest absolute Gasteiger partial charge is 0.296 e. The molecule has 0 aliphatic heterocycles. The summed E-state index contributed by atoms with van der Waals surface area (Å²) in [7, 11) is 0. The summed E-state index contributed by atoms with van der Waals surface area (Å²) in [5, 5.41) is 11.5. The van der Waals surface area contributed by atoms with Crippen molar-refractivity contribution in [2.45, 2.75) is 52.6 Å². The number of nitrogens with zero attached hydrogens (tertiary/aromatic N) is 6. The number of rotatable bonds is 8. The minimum Gasteiger partial charge on any atom is -0.296 e. The van der Waals surface area contributed by atoms with Crippen LogP contribution in [0, 0.1) is 0 Å². The van der Waals surface area contributed by atoms with Gasteiger partial charge >= 0.3 is 5.69 Å². The van der Waals surface area contributed by atoms with Crippen LogP contribution >= 0.6 is 0 Å². The Hall–Kier alpha value is -3.48. The van der Waals surface area contributed by atoms with Gasteiger partial charge in [0.25, 0.3) is 0 Å². The van der Waals surface area contributed by atoms with Gasteiger partial charge in [0.2, 0.25) is 0 Å². The molecule has 0 spiro atoms. The molecule has 0 N–H and O–H groups in total. The summed E-state index contributed by atoms with van der Waals surface area (Å²) < 4.78 is 5.42. The number of unbranched alkanes of at least 4 members (excludes halogenated alkanes) is 1. The molecule has 2 aromatic heterocycles. The van der Waals surface area contributed by atoms with Crippen LogP contribution < -0.4 is 5.69 Å². The molecule has 4 rings (SSSR count). The van der Waals surface area contributed by atoms with Gasteiger partial charge in [0.1, 0.15) is 6.33 Å². The number of para-hydroxylation sites is 1. The molecule has 7 heteroatoms. The number of tetrazole rings is 1. The Morgan fingerprint density at radius 3 is 2.48 bits per heavy atom. The fourth-order valence-corrected chi connectivity index (χ4v) is 3.81. The van der Waals surface area contributed by atoms with Crippen molar-refractivity contribution in [1.82, 2.24) is 29.3 Å². The van der Waals surface area contributed by atoms with E-state index < -0.39 is 0 Å². The second-order valence-corrected chi connectivity index (χ2v) is 8.06. The third kappa shape index (κ3) is 4.35. The maximum absolute atomic E-state index is 13.0. The van der Waals surface area contributed by atoms with Crippen LogP contribution in [0.1, 0.15) is 50.9 Å². The largest absolute Gasteiger partial charge is 0.328 e. The standard InChI is InChI=1S/C24H28N6O/c1-4-5-8-21-16-28(18(2)3)24(31)29(21)15-19-11-13-20(14-12-19)22-9-6-7-10-23(22)30-17-25-26-27-30/h6-7,9-14,16-18H,4-5,8,15H2,1-3H3. The van der Waals surface area contributed by atoms with Gasteiger partial charge in [-0.1, -0.05) is 55.8 Å². The van der Waals surface area contributed by atoms with E-state index in [1.165, 1.54) is 0 Å². The van der Waals surface area contributed by atoms with E-state index in [0.29, 0.717) is 6.54 Å². The van der Waals surface area contributed by atoms with Gasteiger partial charge in [-0.15, -0.1) is 5.10 Å². The van der Waals surface area contributed by atoms with Gasteiger partial charge in [0.05, 0.1) is 12.2 Å². The minimum atomic E-state index is 0.0641. The average molecular weight is 417 g/mol. The quantitative estimate of drug-likeness (QED) is 0.430. The first-order chi connectivity index (χ1) is 15.1. The van der Waals surface area contributed by atoms with Gasteiger partial charge in [-0.3, -0.25) is 9.13 Å². The van der Waals surface area contributed by atoms with Crippen molar-refractivity contribution < 1.29 is 0 Å². The number of benzene rings is 2. The van der Waals surface area contributed by atoms with Crippen LogP contribution in [0.5, 0.6) is 0 Å². The number of aromatic nitrogens is 6. The van der Waals surface area contributed by atoms with E-state index in [1.54, 1.807) is 11.0 Å². The van der Waals surface area contributed by atoms with E-state index in [4.69, 9.17) is 0 Å². The number of hydrogen-bond acceptors (Lipinski definition) is 4. The Labute approximate surface area is 182 Å². The molecule has 0 atom stereocenters. The third-order valence-corrected chi connectivity index (χ3v) is 5.53. The Kier molecular flexibility index (Phi) is 6.11. The summed E-state index contributed by atoms with van der Waals surface area (Å²) in [6.07, 6.45) is 6.73. The zero-order chi connectivity index (χ0) is 21.8. The highest BCUT2D eigenvalue weighted by Gasteiger charge is 2.14. The van der Waals surface area contributed by atoms with Crippen LogP contribution in [0.3, 0.4) is 0 Å². The molecule has 7 nitrogen and oxygen atoms in total. The highest BCUT2D eigenvalue weighted by molar-refractivity contribution is 5.72. The Morgan fingerprint density at radius 2 is 1.81 bits per heavy atom. The molecule has 0 fully saturated rings. The molecular formula is C24H28N6O. The van der Waals surface area contributed by atoms with E-state index in [0.717, 1.165) is 47.3 Å². The molecule has 4 aromatic rings. The van der Waals surface area contributed by atoms with Crippen molar-refractivity contribution in [1.29, 1.82) is 0 Å². The molecule has 0 saturated carbocycles. The normalized spacial score (nSPS) is 11.4. The minimum absolute atomic E-state index is 0.0641. The predicted molar refractivity (Wildman–Crippen MR) is 121 cm³/mol. The molecule has 0 radical (unpaired) electrons. The molecule has 0 aliphatic rings. The first kappa shape index (κ1) is 20.8. The second kappa shape index (κ2) is 9.12. The first-order valence-corrected chi connectivity index (χ1v) is 10.8. The topological polar surface area (TPSA) is 70.5 Å². The van der Waals surface area contributed by atoms with E-state index in [2.05, 4.69) is 52.8 Å². The molecule has 0 saturated heterocycles. The molecule has 0 unspecified atom stereocenters. The Balaban J connectivity index is 1.63. The molecule has 0 amide bonds. The third-order valence-electron chi connectivity index (χ3n) is 5.53. The molecule has 0 bridgehead atoms. The highest BCUT2D eigenvalue weighted by atomic mass is 16.1. The molecular weight excluding hydrogens is 388 g/mol. The summed E-state index contributed by atoms with van der Waals surface area (Å²) in [5.41, 5.74) is 5.32. The Morgan fingerprint density at radius 1 is 1.03 bits per heavy atom. The van der Waals surface area contributed by atoms with Crippen LogP contribution in [0.15, 0.2) is 65.8 Å². The fourth-order valence-electron chi connectivity index (χ4n) is 3.81. The van der Waals surface area contributed by atoms with Crippen molar-refractivity contribution in [3.8, 4) is 16.8 Å². The number of aryl methyl sites for hydroxylation is 1. The summed E-state index contributed by atoms with van der Waals surface area (Å²) in [6, 6.07) is 16.5. The van der Waals surface area contributed by atoms with Gasteiger partial charge in [0, 0.05) is 23.5 Å². The van der Waals surface area contributed by atoms with E-state index >= 15 is 0 Å². The predicted octanol–water partition coefficient (Wildman–Crippen LogP) is 4.26. The maximum atomic E-state index is 13.0. The fraction of sp³-hybridized carbons (Fsp3) is 0.333. The van der Waals surface area contributed by atoms with Crippen molar-refractivity contribution in [2.75, 3.05) is 0 Å². The lowest BCUT2D eigenvalue weighted by molar-refractivity contribution is 0.560. The van der Waals surface area contributed by atoms with Gasteiger partial charge < -0.3 is 0 Å². The molecule has 0 aliphatic carbocycles. The summed E-state index contributed by atoms with van der Waals surface area (Å²) in [5.74, 6) is 0. The van der Waals surface area contributed by atoms with Crippen LogP contribution in [0.2, 0.25) is 0 Å². The molecule has 2 heterocycles. The van der Waals surface area contributed by atoms with Crippen molar-refractivity contribution in [3.05, 3.63) is 82.8 Å². The SMILES string of the molecule is CCCCc1cn(C(C)C)c(=O)n1Cc1ccc(-c2ccccc2-n2cnnn2)cc1. The number of hydrogen-bond donors (Lipinski definition) is 0. The molecule has 160 valence electrons. The van der Waals surface area contributed by atoms with Crippen molar-refractivity contribution >= 4 is 0 Å². The van der Waals surface area contributed by atoms with Crippen LogP contribution in [-0.4, -0.2) is 29.3 Å². The molecule has 31 heavy (non-hydrogen) atoms. The lowest BCUT2D eigenvalue weighted by Crippen LogP contribution is -2.26. The summed E-state index contributed by atoms with van der Waals surface area (Å²) in [4.78, 5) is 13.0. The monoisotopic (exact) mass is 416 g/mol.